The van der Waals surface area contributed by atoms with Crippen LogP contribution in [0.3, 0.4) is 0 Å². The second-order valence-corrected chi connectivity index (χ2v) is 4.94. The highest BCUT2D eigenvalue weighted by atomic mass is 16.6. The molecule has 0 aliphatic heterocycles. The average Bonchev–Trinajstić information content (AvgIpc) is 2.25. The standard InChI is InChI=1S/C12H18O6/c1-2-17-10(15)11(5-3-6-11)18-8-4-7-12(8,16)9(13)14/h8,16H,2-7H2,1H3,(H,13,14). The summed E-state index contributed by atoms with van der Waals surface area (Å²) in [5, 5.41) is 18.8. The van der Waals surface area contributed by atoms with Crippen molar-refractivity contribution in [3.05, 3.63) is 0 Å². The third kappa shape index (κ3) is 1.89. The first kappa shape index (κ1) is 13.3. The molecule has 2 aliphatic carbocycles. The lowest BCUT2D eigenvalue weighted by molar-refractivity contribution is -0.249. The van der Waals surface area contributed by atoms with Crippen molar-refractivity contribution in [3.8, 4) is 0 Å². The zero-order chi connectivity index (χ0) is 13.4. The van der Waals surface area contributed by atoms with E-state index in [-0.39, 0.29) is 13.0 Å². The van der Waals surface area contributed by atoms with Gasteiger partial charge in [0.2, 0.25) is 0 Å². The summed E-state index contributed by atoms with van der Waals surface area (Å²) in [5.74, 6) is -1.74. The van der Waals surface area contributed by atoms with Gasteiger partial charge in [0.15, 0.2) is 11.2 Å². The van der Waals surface area contributed by atoms with E-state index < -0.39 is 29.2 Å². The summed E-state index contributed by atoms with van der Waals surface area (Å²) in [6.07, 6.45) is 1.68. The van der Waals surface area contributed by atoms with Crippen molar-refractivity contribution < 1.29 is 29.3 Å². The predicted molar refractivity (Wildman–Crippen MR) is 59.9 cm³/mol. The third-order valence-corrected chi connectivity index (χ3v) is 3.87. The van der Waals surface area contributed by atoms with Crippen molar-refractivity contribution in [2.24, 2.45) is 0 Å². The summed E-state index contributed by atoms with van der Waals surface area (Å²) in [4.78, 5) is 22.8. The van der Waals surface area contributed by atoms with E-state index in [1.165, 1.54) is 0 Å². The molecule has 0 heterocycles. The Morgan fingerprint density at radius 3 is 2.33 bits per heavy atom. The molecule has 2 unspecified atom stereocenters. The molecule has 2 rings (SSSR count). The van der Waals surface area contributed by atoms with E-state index in [0.717, 1.165) is 6.42 Å². The highest BCUT2D eigenvalue weighted by Crippen LogP contribution is 2.44. The van der Waals surface area contributed by atoms with Gasteiger partial charge in [0.25, 0.3) is 0 Å². The van der Waals surface area contributed by atoms with Crippen molar-refractivity contribution in [2.75, 3.05) is 6.61 Å². The molecule has 102 valence electrons. The van der Waals surface area contributed by atoms with Crippen molar-refractivity contribution in [1.29, 1.82) is 0 Å². The van der Waals surface area contributed by atoms with Crippen LogP contribution in [0.4, 0.5) is 0 Å². The molecule has 0 amide bonds. The van der Waals surface area contributed by atoms with Crippen LogP contribution in [0, 0.1) is 0 Å². The van der Waals surface area contributed by atoms with Gasteiger partial charge in [0.1, 0.15) is 0 Å². The zero-order valence-corrected chi connectivity index (χ0v) is 10.3. The van der Waals surface area contributed by atoms with Gasteiger partial charge in [-0.25, -0.2) is 9.59 Å². The first-order chi connectivity index (χ1) is 8.44. The van der Waals surface area contributed by atoms with E-state index in [0.29, 0.717) is 19.3 Å². The van der Waals surface area contributed by atoms with Gasteiger partial charge >= 0.3 is 11.9 Å². The maximum atomic E-state index is 11.8. The fraction of sp³-hybridized carbons (Fsp3) is 0.833. The molecule has 2 atom stereocenters. The van der Waals surface area contributed by atoms with Gasteiger partial charge in [-0.2, -0.15) is 0 Å². The smallest absolute Gasteiger partial charge is 0.338 e. The number of esters is 1. The van der Waals surface area contributed by atoms with Crippen LogP contribution >= 0.6 is 0 Å². The quantitative estimate of drug-likeness (QED) is 0.696. The second kappa shape index (κ2) is 4.51. The maximum Gasteiger partial charge on any atom is 0.338 e. The molecule has 0 aromatic rings. The molecule has 0 aromatic carbocycles. The molecule has 2 aliphatic rings. The topological polar surface area (TPSA) is 93.1 Å². The predicted octanol–water partition coefficient (Wildman–Crippen LogP) is 0.467. The number of hydrogen-bond acceptors (Lipinski definition) is 5. The Hall–Kier alpha value is -1.14. The second-order valence-electron chi connectivity index (χ2n) is 4.94. The molecule has 0 radical (unpaired) electrons. The minimum Gasteiger partial charge on any atom is -0.479 e. The number of carboxylic acids is 1. The minimum atomic E-state index is -1.85. The fourth-order valence-electron chi connectivity index (χ4n) is 2.34. The Kier molecular flexibility index (Phi) is 3.33. The molecule has 6 nitrogen and oxygen atoms in total. The molecule has 2 N–H and O–H groups in total. The summed E-state index contributed by atoms with van der Waals surface area (Å²) in [5.41, 5.74) is -2.89. The van der Waals surface area contributed by atoms with Crippen LogP contribution in [0.2, 0.25) is 0 Å². The van der Waals surface area contributed by atoms with Crippen LogP contribution in [0.5, 0.6) is 0 Å². The van der Waals surface area contributed by atoms with E-state index in [1.54, 1.807) is 6.92 Å². The fourth-order valence-corrected chi connectivity index (χ4v) is 2.34. The van der Waals surface area contributed by atoms with Crippen molar-refractivity contribution in [3.63, 3.8) is 0 Å². The SMILES string of the molecule is CCOC(=O)C1(OC2CCC2(O)C(=O)O)CCC1. The number of hydrogen-bond donors (Lipinski definition) is 2. The summed E-state index contributed by atoms with van der Waals surface area (Å²) in [6.45, 7) is 1.97. The van der Waals surface area contributed by atoms with Gasteiger partial charge in [0, 0.05) is 0 Å². The first-order valence-electron chi connectivity index (χ1n) is 6.25. The van der Waals surface area contributed by atoms with Crippen LogP contribution in [0.1, 0.15) is 39.0 Å². The van der Waals surface area contributed by atoms with E-state index in [1.807, 2.05) is 0 Å². The number of carboxylic acid groups (broad SMARTS) is 1. The number of carbonyl (C=O) groups is 2. The van der Waals surface area contributed by atoms with Crippen LogP contribution in [-0.4, -0.2) is 46.1 Å². The summed E-state index contributed by atoms with van der Waals surface area (Å²) in [7, 11) is 0. The van der Waals surface area contributed by atoms with Crippen molar-refractivity contribution >= 4 is 11.9 Å². The average molecular weight is 258 g/mol. The Balaban J connectivity index is 2.03. The van der Waals surface area contributed by atoms with E-state index in [2.05, 4.69) is 0 Å². The molecule has 2 saturated carbocycles. The first-order valence-corrected chi connectivity index (χ1v) is 6.25. The monoisotopic (exact) mass is 258 g/mol. The van der Waals surface area contributed by atoms with Gasteiger partial charge in [-0.15, -0.1) is 0 Å². The van der Waals surface area contributed by atoms with Crippen LogP contribution < -0.4 is 0 Å². The molecular formula is C12H18O6. The number of aliphatic carboxylic acids is 1. The Morgan fingerprint density at radius 1 is 1.33 bits per heavy atom. The van der Waals surface area contributed by atoms with Gasteiger partial charge in [-0.3, -0.25) is 0 Å². The maximum absolute atomic E-state index is 11.8. The lowest BCUT2D eigenvalue weighted by Gasteiger charge is -2.48. The van der Waals surface area contributed by atoms with E-state index >= 15 is 0 Å². The molecular weight excluding hydrogens is 240 g/mol. The summed E-state index contributed by atoms with van der Waals surface area (Å²) >= 11 is 0. The summed E-state index contributed by atoms with van der Waals surface area (Å²) < 4.78 is 10.6. The van der Waals surface area contributed by atoms with Crippen LogP contribution in [0.15, 0.2) is 0 Å². The largest absolute Gasteiger partial charge is 0.479 e. The molecule has 2 fully saturated rings. The van der Waals surface area contributed by atoms with Gasteiger partial charge in [-0.1, -0.05) is 0 Å². The lowest BCUT2D eigenvalue weighted by Crippen LogP contribution is -2.63. The molecule has 18 heavy (non-hydrogen) atoms. The van der Waals surface area contributed by atoms with E-state index in [9.17, 15) is 14.7 Å². The lowest BCUT2D eigenvalue weighted by atomic mass is 9.74. The van der Waals surface area contributed by atoms with Gasteiger partial charge in [0.05, 0.1) is 12.7 Å². The van der Waals surface area contributed by atoms with Crippen LogP contribution in [-0.2, 0) is 19.1 Å². The number of rotatable bonds is 5. The number of ether oxygens (including phenoxy) is 2. The number of aliphatic hydroxyl groups is 1. The van der Waals surface area contributed by atoms with Crippen molar-refractivity contribution in [1.82, 2.24) is 0 Å². The molecule has 0 saturated heterocycles. The molecule has 6 heteroatoms. The minimum absolute atomic E-state index is 0.159. The normalized spacial score (nSPS) is 33.1. The van der Waals surface area contributed by atoms with Gasteiger partial charge < -0.3 is 19.7 Å². The molecule has 0 spiro atoms. The number of carbonyl (C=O) groups excluding carboxylic acids is 1. The van der Waals surface area contributed by atoms with Crippen molar-refractivity contribution in [2.45, 2.75) is 56.3 Å². The summed E-state index contributed by atoms with van der Waals surface area (Å²) in [6, 6.07) is 0. The highest BCUT2D eigenvalue weighted by Gasteiger charge is 2.58. The van der Waals surface area contributed by atoms with Gasteiger partial charge in [-0.05, 0) is 39.0 Å². The van der Waals surface area contributed by atoms with E-state index in [4.69, 9.17) is 14.6 Å². The third-order valence-electron chi connectivity index (χ3n) is 3.87. The Bertz CT molecular complexity index is 362. The molecule has 0 bridgehead atoms. The Morgan fingerprint density at radius 2 is 2.00 bits per heavy atom. The Labute approximate surface area is 105 Å². The molecule has 0 aromatic heterocycles. The zero-order valence-electron chi connectivity index (χ0n) is 10.3. The highest BCUT2D eigenvalue weighted by molar-refractivity contribution is 5.82. The van der Waals surface area contributed by atoms with Crippen LogP contribution in [0.25, 0.3) is 0 Å².